The number of carbonyl (C=O) groups excluding carboxylic acids is 1. The quantitative estimate of drug-likeness (QED) is 0.802. The highest BCUT2D eigenvalue weighted by Crippen LogP contribution is 2.21. The van der Waals surface area contributed by atoms with E-state index in [-0.39, 0.29) is 12.0 Å². The summed E-state index contributed by atoms with van der Waals surface area (Å²) in [5, 5.41) is 4.06. The summed E-state index contributed by atoms with van der Waals surface area (Å²) in [7, 11) is 1.42. The van der Waals surface area contributed by atoms with Gasteiger partial charge >= 0.3 is 5.97 Å². The number of benzene rings is 1. The first-order valence-electron chi connectivity index (χ1n) is 5.26. The molecule has 1 atom stereocenters. The molecule has 0 bridgehead atoms. The Hall–Kier alpha value is -1.06. The number of hydrogen-bond donors (Lipinski definition) is 1. The Morgan fingerprint density at radius 2 is 2.38 bits per heavy atom. The van der Waals surface area contributed by atoms with Crippen LogP contribution < -0.4 is 5.32 Å². The summed E-state index contributed by atoms with van der Waals surface area (Å²) in [5.74, 6) is -0.171. The Morgan fingerprint density at radius 1 is 1.56 bits per heavy atom. The molecule has 16 heavy (non-hydrogen) atoms. The van der Waals surface area contributed by atoms with E-state index in [1.54, 1.807) is 0 Å². The predicted molar refractivity (Wildman–Crippen MR) is 62.4 cm³/mol. The summed E-state index contributed by atoms with van der Waals surface area (Å²) in [5.41, 5.74) is 2.48. The van der Waals surface area contributed by atoms with Gasteiger partial charge in [-0.3, -0.25) is 4.79 Å². The molecule has 0 radical (unpaired) electrons. The summed E-state index contributed by atoms with van der Waals surface area (Å²) in [6, 6.07) is 6.06. The van der Waals surface area contributed by atoms with E-state index in [9.17, 15) is 4.79 Å². The summed E-state index contributed by atoms with van der Waals surface area (Å²) < 4.78 is 4.66. The van der Waals surface area contributed by atoms with E-state index < -0.39 is 0 Å². The Kier molecular flexibility index (Phi) is 3.46. The molecule has 1 aromatic rings. The number of rotatable bonds is 2. The van der Waals surface area contributed by atoms with E-state index in [0.717, 1.165) is 18.0 Å². The summed E-state index contributed by atoms with van der Waals surface area (Å²) in [6.07, 6.45) is 1.26. The van der Waals surface area contributed by atoms with Crippen LogP contribution in [0.2, 0.25) is 5.02 Å². The lowest BCUT2D eigenvalue weighted by molar-refractivity contribution is -0.141. The SMILES string of the molecule is COC(=O)CC1Cc2ccc(Cl)cc2CN1. The third-order valence-corrected chi connectivity index (χ3v) is 3.09. The van der Waals surface area contributed by atoms with Crippen LogP contribution in [0.1, 0.15) is 17.5 Å². The van der Waals surface area contributed by atoms with Crippen LogP contribution in [0.3, 0.4) is 0 Å². The molecule has 0 spiro atoms. The van der Waals surface area contributed by atoms with Gasteiger partial charge in [0.1, 0.15) is 0 Å². The van der Waals surface area contributed by atoms with E-state index in [0.29, 0.717) is 6.42 Å². The molecule has 1 aliphatic rings. The summed E-state index contributed by atoms with van der Waals surface area (Å²) in [4.78, 5) is 11.2. The standard InChI is InChI=1S/C12H14ClNO2/c1-16-12(15)6-11-5-8-2-3-10(13)4-9(8)7-14-11/h2-4,11,14H,5-7H2,1H3. The number of nitrogens with one attached hydrogen (secondary N) is 1. The number of esters is 1. The van der Waals surface area contributed by atoms with Gasteiger partial charge in [0, 0.05) is 17.6 Å². The molecule has 0 aliphatic carbocycles. The minimum atomic E-state index is -0.171. The zero-order chi connectivity index (χ0) is 11.5. The van der Waals surface area contributed by atoms with Crippen molar-refractivity contribution in [1.29, 1.82) is 0 Å². The molecule has 1 heterocycles. The van der Waals surface area contributed by atoms with E-state index in [1.165, 1.54) is 18.2 Å². The summed E-state index contributed by atoms with van der Waals surface area (Å²) >= 11 is 5.92. The number of ether oxygens (including phenoxy) is 1. The van der Waals surface area contributed by atoms with Crippen molar-refractivity contribution < 1.29 is 9.53 Å². The number of hydrogen-bond acceptors (Lipinski definition) is 3. The minimum Gasteiger partial charge on any atom is -0.469 e. The van der Waals surface area contributed by atoms with Gasteiger partial charge in [-0.15, -0.1) is 0 Å². The molecule has 2 rings (SSSR count). The van der Waals surface area contributed by atoms with Crippen LogP contribution >= 0.6 is 11.6 Å². The fraction of sp³-hybridized carbons (Fsp3) is 0.417. The molecule has 0 fully saturated rings. The first-order chi connectivity index (χ1) is 7.69. The van der Waals surface area contributed by atoms with Crippen molar-refractivity contribution in [2.75, 3.05) is 7.11 Å². The zero-order valence-corrected chi connectivity index (χ0v) is 9.88. The molecule has 3 nitrogen and oxygen atoms in total. The number of fused-ring (bicyclic) bond motifs is 1. The molecule has 0 amide bonds. The molecule has 0 saturated heterocycles. The van der Waals surface area contributed by atoms with Gasteiger partial charge in [-0.25, -0.2) is 0 Å². The van der Waals surface area contributed by atoms with Crippen molar-refractivity contribution in [3.05, 3.63) is 34.3 Å². The lowest BCUT2D eigenvalue weighted by Gasteiger charge is -2.25. The van der Waals surface area contributed by atoms with Crippen molar-refractivity contribution >= 4 is 17.6 Å². The maximum Gasteiger partial charge on any atom is 0.307 e. The van der Waals surface area contributed by atoms with Crippen molar-refractivity contribution in [2.24, 2.45) is 0 Å². The lowest BCUT2D eigenvalue weighted by atomic mass is 9.94. The first kappa shape index (κ1) is 11.4. The Bertz CT molecular complexity index is 406. The maximum absolute atomic E-state index is 11.2. The zero-order valence-electron chi connectivity index (χ0n) is 9.13. The molecule has 86 valence electrons. The molecule has 0 aromatic heterocycles. The second-order valence-electron chi connectivity index (χ2n) is 3.98. The van der Waals surface area contributed by atoms with Gasteiger partial charge in [0.05, 0.1) is 13.5 Å². The molecule has 4 heteroatoms. The Morgan fingerprint density at radius 3 is 3.12 bits per heavy atom. The Labute approximate surface area is 99.7 Å². The molecular weight excluding hydrogens is 226 g/mol. The highest BCUT2D eigenvalue weighted by Gasteiger charge is 2.20. The highest BCUT2D eigenvalue weighted by molar-refractivity contribution is 6.30. The lowest BCUT2D eigenvalue weighted by Crippen LogP contribution is -2.37. The second kappa shape index (κ2) is 4.85. The Balaban J connectivity index is 2.06. The molecule has 1 N–H and O–H groups in total. The highest BCUT2D eigenvalue weighted by atomic mass is 35.5. The largest absolute Gasteiger partial charge is 0.469 e. The number of carbonyl (C=O) groups is 1. The smallest absolute Gasteiger partial charge is 0.307 e. The average molecular weight is 240 g/mol. The molecule has 1 aliphatic heterocycles. The minimum absolute atomic E-state index is 0.168. The summed E-state index contributed by atoms with van der Waals surface area (Å²) in [6.45, 7) is 0.761. The van der Waals surface area contributed by atoms with Crippen molar-refractivity contribution in [3.8, 4) is 0 Å². The predicted octanol–water partition coefficient (Wildman–Crippen LogP) is 1.92. The van der Waals surface area contributed by atoms with Crippen LogP contribution in [0.4, 0.5) is 0 Å². The van der Waals surface area contributed by atoms with Crippen molar-refractivity contribution in [3.63, 3.8) is 0 Å². The topological polar surface area (TPSA) is 38.3 Å². The molecule has 1 unspecified atom stereocenters. The first-order valence-corrected chi connectivity index (χ1v) is 5.64. The third-order valence-electron chi connectivity index (χ3n) is 2.86. The maximum atomic E-state index is 11.2. The van der Waals surface area contributed by atoms with Gasteiger partial charge in [-0.2, -0.15) is 0 Å². The average Bonchev–Trinajstić information content (AvgIpc) is 2.29. The van der Waals surface area contributed by atoms with Crippen LogP contribution in [0.5, 0.6) is 0 Å². The second-order valence-corrected chi connectivity index (χ2v) is 4.41. The van der Waals surface area contributed by atoms with Crippen LogP contribution in [-0.2, 0) is 22.5 Å². The van der Waals surface area contributed by atoms with E-state index in [2.05, 4.69) is 10.1 Å². The van der Waals surface area contributed by atoms with Gasteiger partial charge in [-0.1, -0.05) is 17.7 Å². The fourth-order valence-corrected chi connectivity index (χ4v) is 2.17. The van der Waals surface area contributed by atoms with E-state index in [4.69, 9.17) is 11.6 Å². The van der Waals surface area contributed by atoms with E-state index >= 15 is 0 Å². The van der Waals surface area contributed by atoms with Crippen LogP contribution in [-0.4, -0.2) is 19.1 Å². The van der Waals surface area contributed by atoms with Gasteiger partial charge < -0.3 is 10.1 Å². The molecule has 1 aromatic carbocycles. The number of halogens is 1. The van der Waals surface area contributed by atoms with Crippen LogP contribution in [0.25, 0.3) is 0 Å². The van der Waals surface area contributed by atoms with Gasteiger partial charge in [0.15, 0.2) is 0 Å². The van der Waals surface area contributed by atoms with Crippen molar-refractivity contribution in [2.45, 2.75) is 25.4 Å². The monoisotopic (exact) mass is 239 g/mol. The van der Waals surface area contributed by atoms with Crippen LogP contribution in [0.15, 0.2) is 18.2 Å². The van der Waals surface area contributed by atoms with Crippen molar-refractivity contribution in [1.82, 2.24) is 5.32 Å². The van der Waals surface area contributed by atoms with Crippen LogP contribution in [0, 0.1) is 0 Å². The fourth-order valence-electron chi connectivity index (χ4n) is 1.98. The molecule has 0 saturated carbocycles. The van der Waals surface area contributed by atoms with Gasteiger partial charge in [0.25, 0.3) is 0 Å². The third kappa shape index (κ3) is 2.54. The van der Waals surface area contributed by atoms with Gasteiger partial charge in [-0.05, 0) is 29.7 Å². The van der Waals surface area contributed by atoms with Gasteiger partial charge in [0.2, 0.25) is 0 Å². The normalized spacial score (nSPS) is 19.0. The van der Waals surface area contributed by atoms with E-state index in [1.807, 2.05) is 18.2 Å². The molecular formula is C12H14ClNO2. The number of methoxy groups -OCH3 is 1.